The summed E-state index contributed by atoms with van der Waals surface area (Å²) in [4.78, 5) is 23.0. The number of hydrogen-bond acceptors (Lipinski definition) is 6. The Labute approximate surface area is 187 Å². The monoisotopic (exact) mass is 442 g/mol. The summed E-state index contributed by atoms with van der Waals surface area (Å²) in [5.41, 5.74) is 3.52. The van der Waals surface area contributed by atoms with Gasteiger partial charge in [0.15, 0.2) is 0 Å². The first-order chi connectivity index (χ1) is 15.1. The first-order valence-electron chi connectivity index (χ1n) is 10.8. The Bertz CT molecular complexity index is 1060. The lowest BCUT2D eigenvalue weighted by atomic mass is 9.81. The Morgan fingerprint density at radius 3 is 1.81 bits per heavy atom. The molecule has 2 aromatic carbocycles. The molecule has 0 N–H and O–H groups in total. The molecule has 1 aliphatic rings. The van der Waals surface area contributed by atoms with Gasteiger partial charge in [-0.05, 0) is 55.6 Å². The average molecular weight is 443 g/mol. The summed E-state index contributed by atoms with van der Waals surface area (Å²) in [7, 11) is 3.13. The van der Waals surface area contributed by atoms with Gasteiger partial charge in [-0.2, -0.15) is 0 Å². The van der Waals surface area contributed by atoms with Crippen LogP contribution >= 0.6 is 0 Å². The predicted molar refractivity (Wildman–Crippen MR) is 122 cm³/mol. The lowest BCUT2D eigenvalue weighted by molar-refractivity contribution is -0.386. The standard InChI is InChI=1S/C24H30N2O6/c1-24(2,3)20-14-17-11-10-16-13-18(25(27)28)12-15(22(16)31-4)8-6-7-9-19(23(17)32-5)21(20)26(29)30/h12-14H,6-11H2,1-5H3. The minimum Gasteiger partial charge on any atom is -0.496 e. The van der Waals surface area contributed by atoms with E-state index in [1.165, 1.54) is 0 Å². The third-order valence-electron chi connectivity index (χ3n) is 6.05. The number of rotatable bonds is 4. The van der Waals surface area contributed by atoms with Gasteiger partial charge in [0, 0.05) is 28.8 Å². The van der Waals surface area contributed by atoms with E-state index in [-0.39, 0.29) is 21.2 Å². The minimum atomic E-state index is -0.425. The van der Waals surface area contributed by atoms with Crippen LogP contribution in [0.15, 0.2) is 18.2 Å². The molecule has 0 heterocycles. The van der Waals surface area contributed by atoms with Gasteiger partial charge in [-0.15, -0.1) is 0 Å². The molecule has 4 bridgehead atoms. The molecule has 8 heteroatoms. The Balaban J connectivity index is 2.23. The number of aryl methyl sites for hydroxylation is 3. The Kier molecular flexibility index (Phi) is 6.71. The molecule has 8 nitrogen and oxygen atoms in total. The fourth-order valence-corrected chi connectivity index (χ4v) is 4.59. The topological polar surface area (TPSA) is 105 Å². The Hall–Kier alpha value is -3.16. The highest BCUT2D eigenvalue weighted by molar-refractivity contribution is 5.61. The van der Waals surface area contributed by atoms with Gasteiger partial charge in [-0.3, -0.25) is 20.2 Å². The number of ether oxygens (including phenoxy) is 2. The van der Waals surface area contributed by atoms with Crippen molar-refractivity contribution >= 4 is 11.4 Å². The van der Waals surface area contributed by atoms with Crippen molar-refractivity contribution in [3.05, 3.63) is 66.2 Å². The number of nitro groups is 2. The van der Waals surface area contributed by atoms with Crippen LogP contribution in [-0.2, 0) is 31.1 Å². The highest BCUT2D eigenvalue weighted by atomic mass is 16.6. The van der Waals surface area contributed by atoms with E-state index in [1.807, 2.05) is 26.8 Å². The highest BCUT2D eigenvalue weighted by Crippen LogP contribution is 2.43. The quantitative estimate of drug-likeness (QED) is 0.458. The fraction of sp³-hybridized carbons (Fsp3) is 0.500. The van der Waals surface area contributed by atoms with E-state index in [9.17, 15) is 20.2 Å². The molecule has 0 spiro atoms. The van der Waals surface area contributed by atoms with E-state index >= 15 is 0 Å². The third-order valence-corrected chi connectivity index (χ3v) is 6.05. The van der Waals surface area contributed by atoms with Crippen molar-refractivity contribution < 1.29 is 19.3 Å². The van der Waals surface area contributed by atoms with Gasteiger partial charge in [0.25, 0.3) is 11.4 Å². The third kappa shape index (κ3) is 4.54. The summed E-state index contributed by atoms with van der Waals surface area (Å²) >= 11 is 0. The van der Waals surface area contributed by atoms with Crippen LogP contribution in [0, 0.1) is 20.2 Å². The summed E-state index contributed by atoms with van der Waals surface area (Å²) in [6, 6.07) is 5.02. The minimum absolute atomic E-state index is 0.0552. The van der Waals surface area contributed by atoms with Crippen molar-refractivity contribution in [2.24, 2.45) is 0 Å². The summed E-state index contributed by atoms with van der Waals surface area (Å²) in [6.45, 7) is 5.90. The molecule has 0 fully saturated rings. The fourth-order valence-electron chi connectivity index (χ4n) is 4.59. The van der Waals surface area contributed by atoms with E-state index < -0.39 is 5.41 Å². The van der Waals surface area contributed by atoms with Gasteiger partial charge in [-0.1, -0.05) is 20.8 Å². The van der Waals surface area contributed by atoms with Gasteiger partial charge in [-0.25, -0.2) is 0 Å². The highest BCUT2D eigenvalue weighted by Gasteiger charge is 2.32. The van der Waals surface area contributed by atoms with Gasteiger partial charge in [0.2, 0.25) is 0 Å². The predicted octanol–water partition coefficient (Wildman–Crippen LogP) is 5.48. The van der Waals surface area contributed by atoms with Crippen molar-refractivity contribution in [3.63, 3.8) is 0 Å². The zero-order valence-corrected chi connectivity index (χ0v) is 19.3. The molecule has 2 aromatic rings. The summed E-state index contributed by atoms with van der Waals surface area (Å²) in [5, 5.41) is 23.6. The lowest BCUT2D eigenvalue weighted by Crippen LogP contribution is -2.17. The molecule has 1 aliphatic carbocycles. The van der Waals surface area contributed by atoms with E-state index in [1.54, 1.807) is 26.4 Å². The molecule has 32 heavy (non-hydrogen) atoms. The van der Waals surface area contributed by atoms with Crippen molar-refractivity contribution in [1.82, 2.24) is 0 Å². The van der Waals surface area contributed by atoms with Crippen molar-refractivity contribution in [2.45, 2.75) is 64.7 Å². The van der Waals surface area contributed by atoms with E-state index in [4.69, 9.17) is 9.47 Å². The number of non-ortho nitro benzene ring substituents is 1. The number of nitro benzene ring substituents is 2. The molecule has 0 aliphatic heterocycles. The molecule has 0 aromatic heterocycles. The normalized spacial score (nSPS) is 14.2. The van der Waals surface area contributed by atoms with Gasteiger partial charge in [0.1, 0.15) is 11.5 Å². The molecular formula is C24H30N2O6. The SMILES string of the molecule is COc1c2cc([N+](=O)[O-])cc1CCc1cc(C(C)(C)C)c([N+](=O)[O-])c(c1OC)CCCC2. The maximum absolute atomic E-state index is 12.1. The van der Waals surface area contributed by atoms with Crippen molar-refractivity contribution in [3.8, 4) is 11.5 Å². The van der Waals surface area contributed by atoms with Gasteiger partial charge < -0.3 is 9.47 Å². The molecule has 0 saturated carbocycles. The molecule has 0 unspecified atom stereocenters. The Morgan fingerprint density at radius 1 is 0.781 bits per heavy atom. The van der Waals surface area contributed by atoms with Crippen LogP contribution in [0.2, 0.25) is 0 Å². The second-order valence-electron chi connectivity index (χ2n) is 9.21. The molecule has 172 valence electrons. The van der Waals surface area contributed by atoms with Crippen LogP contribution in [0.4, 0.5) is 11.4 Å². The maximum atomic E-state index is 12.1. The first-order valence-corrected chi connectivity index (χ1v) is 10.8. The van der Waals surface area contributed by atoms with Gasteiger partial charge in [0.05, 0.1) is 29.6 Å². The second kappa shape index (κ2) is 9.14. The summed E-state index contributed by atoms with van der Waals surface area (Å²) in [5.74, 6) is 1.24. The van der Waals surface area contributed by atoms with E-state index in [0.717, 1.165) is 16.7 Å². The number of methoxy groups -OCH3 is 2. The summed E-state index contributed by atoms with van der Waals surface area (Å²) in [6.07, 6.45) is 3.52. The van der Waals surface area contributed by atoms with Crippen LogP contribution in [-0.4, -0.2) is 24.1 Å². The first kappa shape index (κ1) is 23.5. The molecule has 0 saturated heterocycles. The van der Waals surface area contributed by atoms with Gasteiger partial charge >= 0.3 is 0 Å². The number of fused-ring (bicyclic) bond motifs is 4. The zero-order valence-electron chi connectivity index (χ0n) is 19.3. The van der Waals surface area contributed by atoms with Crippen LogP contribution in [0.5, 0.6) is 11.5 Å². The lowest BCUT2D eigenvalue weighted by Gasteiger charge is -2.24. The zero-order chi connectivity index (χ0) is 23.6. The number of benzene rings is 2. The van der Waals surface area contributed by atoms with E-state index in [2.05, 4.69) is 0 Å². The molecule has 3 rings (SSSR count). The maximum Gasteiger partial charge on any atom is 0.280 e. The van der Waals surface area contributed by atoms with Crippen LogP contribution in [0.25, 0.3) is 0 Å². The second-order valence-corrected chi connectivity index (χ2v) is 9.21. The number of hydrogen-bond donors (Lipinski definition) is 0. The smallest absolute Gasteiger partial charge is 0.280 e. The molecule has 0 atom stereocenters. The molecular weight excluding hydrogens is 412 g/mol. The average Bonchev–Trinajstić information content (AvgIpc) is 2.72. The molecule has 0 radical (unpaired) electrons. The molecule has 0 amide bonds. The van der Waals surface area contributed by atoms with Crippen LogP contribution in [0.1, 0.15) is 61.4 Å². The van der Waals surface area contributed by atoms with Crippen molar-refractivity contribution in [1.29, 1.82) is 0 Å². The van der Waals surface area contributed by atoms with Crippen LogP contribution in [0.3, 0.4) is 0 Å². The number of nitrogens with zero attached hydrogens (tertiary/aromatic N) is 2. The van der Waals surface area contributed by atoms with Crippen molar-refractivity contribution in [2.75, 3.05) is 14.2 Å². The van der Waals surface area contributed by atoms with E-state index in [0.29, 0.717) is 61.2 Å². The largest absolute Gasteiger partial charge is 0.496 e. The van der Waals surface area contributed by atoms with Crippen LogP contribution < -0.4 is 9.47 Å². The summed E-state index contributed by atoms with van der Waals surface area (Å²) < 4.78 is 11.4. The Morgan fingerprint density at radius 2 is 1.31 bits per heavy atom.